The molecule has 3 aliphatic heterocycles. The molecule has 38 heavy (non-hydrogen) atoms. The van der Waals surface area contributed by atoms with Crippen LogP contribution < -0.4 is 5.32 Å². The third-order valence-electron chi connectivity index (χ3n) is 8.87. The van der Waals surface area contributed by atoms with Gasteiger partial charge in [-0.05, 0) is 56.3 Å². The van der Waals surface area contributed by atoms with Crippen LogP contribution in [0.15, 0.2) is 60.7 Å². The van der Waals surface area contributed by atoms with Crippen LogP contribution in [0.1, 0.15) is 63.9 Å². The van der Waals surface area contributed by atoms with Crippen LogP contribution >= 0.6 is 0 Å². The molecule has 0 radical (unpaired) electrons. The maximum atomic E-state index is 14.6. The highest BCUT2D eigenvalue weighted by atomic mass is 16.6. The second-order valence-corrected chi connectivity index (χ2v) is 10.9. The Morgan fingerprint density at radius 3 is 2.47 bits per heavy atom. The number of rotatable bonds is 5. The molecule has 3 unspecified atom stereocenters. The molecule has 3 heterocycles. The largest absolute Gasteiger partial charge is 0.324 e. The fourth-order valence-electron chi connectivity index (χ4n) is 7.29. The number of nitrogens with zero attached hydrogens (tertiary/aromatic N) is 2. The zero-order valence-electron chi connectivity index (χ0n) is 21.9. The molecule has 6 rings (SSSR count). The quantitative estimate of drug-likeness (QED) is 0.271. The van der Waals surface area contributed by atoms with Crippen molar-refractivity contribution < 1.29 is 14.5 Å². The van der Waals surface area contributed by atoms with E-state index in [0.717, 1.165) is 52.8 Å². The number of carbonyl (C=O) groups excluding carboxylic acids is 2. The first-order valence-corrected chi connectivity index (χ1v) is 13.3. The fourth-order valence-corrected chi connectivity index (χ4v) is 7.29. The number of ketones is 1. The van der Waals surface area contributed by atoms with Crippen LogP contribution in [0.5, 0.6) is 0 Å². The third kappa shape index (κ3) is 3.38. The van der Waals surface area contributed by atoms with Gasteiger partial charge in [0.25, 0.3) is 5.69 Å². The van der Waals surface area contributed by atoms with E-state index in [9.17, 15) is 19.7 Å². The van der Waals surface area contributed by atoms with Gasteiger partial charge in [-0.15, -0.1) is 0 Å². The Morgan fingerprint density at radius 2 is 1.82 bits per heavy atom. The van der Waals surface area contributed by atoms with Crippen molar-refractivity contribution >= 4 is 23.1 Å². The van der Waals surface area contributed by atoms with Crippen molar-refractivity contribution in [3.8, 4) is 0 Å². The monoisotopic (exact) mass is 509 g/mol. The summed E-state index contributed by atoms with van der Waals surface area (Å²) in [7, 11) is 0. The highest BCUT2D eigenvalue weighted by Crippen LogP contribution is 2.61. The first-order valence-electron chi connectivity index (χ1n) is 13.3. The van der Waals surface area contributed by atoms with Gasteiger partial charge in [0, 0.05) is 40.9 Å². The van der Waals surface area contributed by atoms with Gasteiger partial charge in [-0.25, -0.2) is 0 Å². The maximum Gasteiger partial charge on any atom is 0.269 e. The summed E-state index contributed by atoms with van der Waals surface area (Å²) in [6.07, 6.45) is 2.65. The lowest BCUT2D eigenvalue weighted by Crippen LogP contribution is -2.52. The van der Waals surface area contributed by atoms with E-state index in [1.54, 1.807) is 12.1 Å². The van der Waals surface area contributed by atoms with E-state index < -0.39 is 16.4 Å². The number of carbonyl (C=O) groups is 2. The van der Waals surface area contributed by atoms with E-state index in [1.165, 1.54) is 12.1 Å². The summed E-state index contributed by atoms with van der Waals surface area (Å²) in [6, 6.07) is 18.4. The molecule has 7 heteroatoms. The summed E-state index contributed by atoms with van der Waals surface area (Å²) in [5.41, 5.74) is 5.17. The standard InChI is InChI=1S/C31H31N3O4/c1-4-20-7-9-22(10-8-20)29(35)27-26(21-11-13-23(14-12-21)34(37)38)25-6-5-15-33(25)31(27)24-17-18(2)16-19(3)28(24)32-30(31)36/h7-14,16-17,25-27H,4-6,15H2,1-3H3,(H,32,36)/t25?,26?,27?,31-/m1/s1. The molecule has 2 saturated heterocycles. The molecule has 0 saturated carbocycles. The number of amides is 1. The van der Waals surface area contributed by atoms with E-state index in [4.69, 9.17) is 0 Å². The summed E-state index contributed by atoms with van der Waals surface area (Å²) in [6.45, 7) is 6.81. The van der Waals surface area contributed by atoms with Crippen LogP contribution in [0.25, 0.3) is 0 Å². The van der Waals surface area contributed by atoms with E-state index in [1.807, 2.05) is 38.1 Å². The number of hydrogen-bond acceptors (Lipinski definition) is 5. The number of nitro benzene ring substituents is 1. The Bertz CT molecular complexity index is 1460. The molecule has 4 atom stereocenters. The molecule has 0 aliphatic carbocycles. The molecule has 3 aromatic carbocycles. The Morgan fingerprint density at radius 1 is 1.11 bits per heavy atom. The van der Waals surface area contributed by atoms with Crippen LogP contribution in [0.3, 0.4) is 0 Å². The lowest BCUT2D eigenvalue weighted by molar-refractivity contribution is -0.384. The minimum atomic E-state index is -1.14. The number of fused-ring (bicyclic) bond motifs is 4. The average Bonchev–Trinajstić information content (AvgIpc) is 3.57. The van der Waals surface area contributed by atoms with Crippen molar-refractivity contribution in [2.24, 2.45) is 5.92 Å². The van der Waals surface area contributed by atoms with Crippen molar-refractivity contribution in [3.63, 3.8) is 0 Å². The molecule has 0 aromatic heterocycles. The highest BCUT2D eigenvalue weighted by molar-refractivity contribution is 6.13. The highest BCUT2D eigenvalue weighted by Gasteiger charge is 2.69. The van der Waals surface area contributed by atoms with Crippen molar-refractivity contribution in [2.75, 3.05) is 11.9 Å². The first kappa shape index (κ1) is 24.5. The predicted octanol–water partition coefficient (Wildman–Crippen LogP) is 5.68. The number of Topliss-reactive ketones (excluding diaryl/α,β-unsaturated/α-hetero) is 1. The Labute approximate surface area is 222 Å². The number of aryl methyl sites for hydroxylation is 3. The number of non-ortho nitro benzene ring substituents is 1. The van der Waals surface area contributed by atoms with Gasteiger partial charge in [0.15, 0.2) is 5.78 Å². The minimum Gasteiger partial charge on any atom is -0.324 e. The van der Waals surface area contributed by atoms with E-state index >= 15 is 0 Å². The van der Waals surface area contributed by atoms with Gasteiger partial charge in [-0.2, -0.15) is 0 Å². The normalized spacial score (nSPS) is 25.9. The molecular weight excluding hydrogens is 478 g/mol. The Hall–Kier alpha value is -3.84. The van der Waals surface area contributed by atoms with Crippen LogP contribution in [0.4, 0.5) is 11.4 Å². The van der Waals surface area contributed by atoms with Crippen molar-refractivity contribution in [1.82, 2.24) is 4.90 Å². The van der Waals surface area contributed by atoms with Gasteiger partial charge in [0.2, 0.25) is 5.91 Å². The maximum absolute atomic E-state index is 14.6. The van der Waals surface area contributed by atoms with Gasteiger partial charge >= 0.3 is 0 Å². The van der Waals surface area contributed by atoms with Gasteiger partial charge in [-0.3, -0.25) is 24.6 Å². The van der Waals surface area contributed by atoms with Gasteiger partial charge in [0.1, 0.15) is 5.54 Å². The third-order valence-corrected chi connectivity index (χ3v) is 8.87. The van der Waals surface area contributed by atoms with Crippen LogP contribution in [-0.4, -0.2) is 34.1 Å². The van der Waals surface area contributed by atoms with Crippen LogP contribution in [0, 0.1) is 29.9 Å². The average molecular weight is 510 g/mol. The molecular formula is C31H31N3O4. The summed E-state index contributed by atoms with van der Waals surface area (Å²) >= 11 is 0. The molecule has 2 fully saturated rings. The molecule has 3 aromatic rings. The Balaban J connectivity index is 1.60. The van der Waals surface area contributed by atoms with Gasteiger partial charge in [-0.1, -0.05) is 61.0 Å². The van der Waals surface area contributed by atoms with Crippen LogP contribution in [-0.2, 0) is 16.8 Å². The number of hydrogen-bond donors (Lipinski definition) is 1. The summed E-state index contributed by atoms with van der Waals surface area (Å²) in [5.74, 6) is -1.17. The van der Waals surface area contributed by atoms with E-state index in [2.05, 4.69) is 29.3 Å². The van der Waals surface area contributed by atoms with E-state index in [0.29, 0.717) is 12.1 Å². The molecule has 1 spiro atoms. The molecule has 7 nitrogen and oxygen atoms in total. The fraction of sp³-hybridized carbons (Fsp3) is 0.355. The lowest BCUT2D eigenvalue weighted by atomic mass is 9.68. The Kier molecular flexibility index (Phi) is 5.72. The number of benzene rings is 3. The van der Waals surface area contributed by atoms with Crippen molar-refractivity contribution in [3.05, 3.63) is 104 Å². The summed E-state index contributed by atoms with van der Waals surface area (Å²) in [5, 5.41) is 14.5. The second kappa shape index (κ2) is 8.88. The number of anilines is 1. The summed E-state index contributed by atoms with van der Waals surface area (Å²) in [4.78, 5) is 42.1. The molecule has 0 bridgehead atoms. The summed E-state index contributed by atoms with van der Waals surface area (Å²) < 4.78 is 0. The zero-order valence-corrected chi connectivity index (χ0v) is 21.9. The molecule has 194 valence electrons. The molecule has 1 N–H and O–H groups in total. The predicted molar refractivity (Wildman–Crippen MR) is 145 cm³/mol. The first-order chi connectivity index (χ1) is 18.3. The molecule has 1 amide bonds. The number of nitrogens with one attached hydrogen (secondary N) is 1. The SMILES string of the molecule is CCc1ccc(C(=O)C2C(c3ccc([N+](=O)[O-])cc3)C3CCCN3[C@@]23C(=O)Nc2c(C)cc(C)cc23)cc1. The molecule has 3 aliphatic rings. The zero-order chi connectivity index (χ0) is 26.8. The van der Waals surface area contributed by atoms with Crippen LogP contribution in [0.2, 0.25) is 0 Å². The smallest absolute Gasteiger partial charge is 0.269 e. The van der Waals surface area contributed by atoms with Gasteiger partial charge in [0.05, 0.1) is 10.8 Å². The van der Waals surface area contributed by atoms with Crippen molar-refractivity contribution in [1.29, 1.82) is 0 Å². The van der Waals surface area contributed by atoms with Crippen molar-refractivity contribution in [2.45, 2.75) is 57.5 Å². The number of nitro groups is 1. The van der Waals surface area contributed by atoms with E-state index in [-0.39, 0.29) is 29.3 Å². The topological polar surface area (TPSA) is 92.5 Å². The second-order valence-electron chi connectivity index (χ2n) is 10.9. The minimum absolute atomic E-state index is 0.0120. The van der Waals surface area contributed by atoms with Gasteiger partial charge < -0.3 is 5.32 Å². The lowest BCUT2D eigenvalue weighted by Gasteiger charge is -2.37.